The Morgan fingerprint density at radius 1 is 1.10 bits per heavy atom. The first-order valence-electron chi connectivity index (χ1n) is 10.1. The molecule has 2 aliphatic rings. The van der Waals surface area contributed by atoms with Crippen LogP contribution in [0.1, 0.15) is 29.5 Å². The zero-order valence-corrected chi connectivity index (χ0v) is 17.6. The first-order chi connectivity index (χ1) is 14.4. The molecule has 1 spiro atoms. The summed E-state index contributed by atoms with van der Waals surface area (Å²) in [5.74, 6) is 0. The molecule has 158 valence electrons. The summed E-state index contributed by atoms with van der Waals surface area (Å²) in [6.07, 6.45) is 3.98. The fourth-order valence-electron chi connectivity index (χ4n) is 4.55. The molecule has 3 aromatic rings. The van der Waals surface area contributed by atoms with E-state index in [1.165, 1.54) is 11.1 Å². The Kier molecular flexibility index (Phi) is 4.76. The predicted molar refractivity (Wildman–Crippen MR) is 113 cm³/mol. The van der Waals surface area contributed by atoms with Crippen LogP contribution in [-0.2, 0) is 33.4 Å². The van der Waals surface area contributed by atoms with Crippen molar-refractivity contribution in [3.05, 3.63) is 53.1 Å². The minimum absolute atomic E-state index is 0.249. The Morgan fingerprint density at radius 3 is 2.70 bits per heavy atom. The first kappa shape index (κ1) is 19.5. The molecule has 0 saturated carbocycles. The van der Waals surface area contributed by atoms with Crippen LogP contribution in [0.2, 0.25) is 0 Å². The summed E-state index contributed by atoms with van der Waals surface area (Å²) in [5.41, 5.74) is 5.43. The highest BCUT2D eigenvalue weighted by Crippen LogP contribution is 2.44. The third-order valence-electron chi connectivity index (χ3n) is 6.10. The maximum absolute atomic E-state index is 11.5. The smallest absolute Gasteiger partial charge is 0.229 e. The van der Waals surface area contributed by atoms with E-state index in [-0.39, 0.29) is 5.60 Å². The zero-order valence-electron chi connectivity index (χ0n) is 16.8. The summed E-state index contributed by atoms with van der Waals surface area (Å²) in [7, 11) is -3.28. The van der Waals surface area contributed by atoms with Crippen LogP contribution in [-0.4, -0.2) is 49.5 Å². The summed E-state index contributed by atoms with van der Waals surface area (Å²) >= 11 is 0. The zero-order chi connectivity index (χ0) is 20.8. The van der Waals surface area contributed by atoms with Gasteiger partial charge in [-0.1, -0.05) is 12.1 Å². The van der Waals surface area contributed by atoms with Gasteiger partial charge in [0.1, 0.15) is 11.0 Å². The van der Waals surface area contributed by atoms with Gasteiger partial charge in [-0.15, -0.1) is 0 Å². The van der Waals surface area contributed by atoms with Crippen molar-refractivity contribution in [1.29, 1.82) is 0 Å². The molecule has 30 heavy (non-hydrogen) atoms. The van der Waals surface area contributed by atoms with Crippen LogP contribution in [0.15, 0.2) is 41.0 Å². The van der Waals surface area contributed by atoms with Gasteiger partial charge in [0, 0.05) is 25.3 Å². The number of sulfonamides is 1. The lowest BCUT2D eigenvalue weighted by molar-refractivity contribution is -0.0785. The standard InChI is InChI=1S/C21H24N4O4S/c1-30(26,27)24-17-3-4-18-16(13-17)14-28-21(18)7-10-25(11-8-21)9-6-15-2-5-19-20(12-15)23-29-22-19/h2-5,12-13,24H,6-11,14H2,1H3. The van der Waals surface area contributed by atoms with E-state index in [0.717, 1.165) is 61.7 Å². The topological polar surface area (TPSA) is 97.6 Å². The molecule has 1 fully saturated rings. The molecule has 1 saturated heterocycles. The van der Waals surface area contributed by atoms with Crippen LogP contribution < -0.4 is 4.72 Å². The maximum atomic E-state index is 11.5. The fourth-order valence-corrected chi connectivity index (χ4v) is 5.11. The van der Waals surface area contributed by atoms with Crippen molar-refractivity contribution >= 4 is 26.7 Å². The Bertz CT molecular complexity index is 1180. The Balaban J connectivity index is 1.22. The van der Waals surface area contributed by atoms with Gasteiger partial charge in [0.05, 0.1) is 18.5 Å². The summed E-state index contributed by atoms with van der Waals surface area (Å²) in [6.45, 7) is 3.45. The van der Waals surface area contributed by atoms with E-state index in [0.29, 0.717) is 12.3 Å². The highest BCUT2D eigenvalue weighted by Gasteiger charge is 2.42. The number of rotatable bonds is 5. The van der Waals surface area contributed by atoms with Gasteiger partial charge in [0.15, 0.2) is 0 Å². The minimum atomic E-state index is -3.28. The number of nitrogens with one attached hydrogen (secondary N) is 1. The number of likely N-dealkylation sites (tertiary alicyclic amines) is 1. The van der Waals surface area contributed by atoms with Crippen molar-refractivity contribution in [2.75, 3.05) is 30.6 Å². The average molecular weight is 429 g/mol. The molecule has 0 unspecified atom stereocenters. The van der Waals surface area contributed by atoms with Gasteiger partial charge in [-0.25, -0.2) is 13.0 Å². The molecule has 0 atom stereocenters. The molecule has 8 nitrogen and oxygen atoms in total. The van der Waals surface area contributed by atoms with Crippen molar-refractivity contribution in [2.45, 2.75) is 31.5 Å². The Morgan fingerprint density at radius 2 is 1.90 bits per heavy atom. The summed E-state index contributed by atoms with van der Waals surface area (Å²) in [4.78, 5) is 2.47. The predicted octanol–water partition coefficient (Wildman–Crippen LogP) is 2.66. The molecule has 1 aromatic heterocycles. The molecule has 5 rings (SSSR count). The van der Waals surface area contributed by atoms with Gasteiger partial charge in [-0.3, -0.25) is 4.72 Å². The number of ether oxygens (including phenoxy) is 1. The third kappa shape index (κ3) is 3.80. The normalized spacial score (nSPS) is 18.7. The summed E-state index contributed by atoms with van der Waals surface area (Å²) in [6, 6.07) is 11.8. The van der Waals surface area contributed by atoms with E-state index in [1.54, 1.807) is 0 Å². The van der Waals surface area contributed by atoms with Crippen LogP contribution in [0.5, 0.6) is 0 Å². The van der Waals surface area contributed by atoms with E-state index < -0.39 is 10.0 Å². The molecular formula is C21H24N4O4S. The van der Waals surface area contributed by atoms with Crippen molar-refractivity contribution in [2.24, 2.45) is 0 Å². The third-order valence-corrected chi connectivity index (χ3v) is 6.71. The number of nitrogens with zero attached hydrogens (tertiary/aromatic N) is 3. The molecule has 0 bridgehead atoms. The van der Waals surface area contributed by atoms with Gasteiger partial charge < -0.3 is 9.64 Å². The van der Waals surface area contributed by atoms with Crippen LogP contribution in [0, 0.1) is 0 Å². The lowest BCUT2D eigenvalue weighted by atomic mass is 9.83. The first-order valence-corrected chi connectivity index (χ1v) is 12.0. The number of hydrogen-bond donors (Lipinski definition) is 1. The van der Waals surface area contributed by atoms with Gasteiger partial charge in [0.25, 0.3) is 0 Å². The molecule has 0 aliphatic carbocycles. The van der Waals surface area contributed by atoms with Crippen LogP contribution in [0.3, 0.4) is 0 Å². The second-order valence-electron chi connectivity index (χ2n) is 8.21. The van der Waals surface area contributed by atoms with E-state index in [1.807, 2.05) is 30.3 Å². The second-order valence-corrected chi connectivity index (χ2v) is 9.96. The summed E-state index contributed by atoms with van der Waals surface area (Å²) < 4.78 is 36.5. The Labute approximate surface area is 175 Å². The Hall–Kier alpha value is -2.49. The number of hydrogen-bond acceptors (Lipinski definition) is 7. The summed E-state index contributed by atoms with van der Waals surface area (Å²) in [5, 5.41) is 7.76. The van der Waals surface area contributed by atoms with Crippen LogP contribution >= 0.6 is 0 Å². The lowest BCUT2D eigenvalue weighted by Gasteiger charge is -2.39. The molecule has 0 amide bonds. The van der Waals surface area contributed by atoms with E-state index in [4.69, 9.17) is 9.37 Å². The quantitative estimate of drug-likeness (QED) is 0.667. The molecule has 0 radical (unpaired) electrons. The number of anilines is 1. The van der Waals surface area contributed by atoms with Crippen molar-refractivity contribution in [3.63, 3.8) is 0 Å². The van der Waals surface area contributed by atoms with Crippen molar-refractivity contribution in [1.82, 2.24) is 15.2 Å². The molecule has 9 heteroatoms. The van der Waals surface area contributed by atoms with Gasteiger partial charge in [-0.05, 0) is 70.5 Å². The molecule has 2 aliphatic heterocycles. The number of aromatic nitrogens is 2. The molecule has 1 N–H and O–H groups in total. The SMILES string of the molecule is CS(=O)(=O)Nc1ccc2c(c1)COC21CCN(CCc2ccc3nonc3c2)CC1. The van der Waals surface area contributed by atoms with Gasteiger partial charge >= 0.3 is 0 Å². The molecule has 2 aromatic carbocycles. The van der Waals surface area contributed by atoms with Crippen molar-refractivity contribution < 1.29 is 17.8 Å². The van der Waals surface area contributed by atoms with E-state index >= 15 is 0 Å². The second kappa shape index (κ2) is 7.33. The van der Waals surface area contributed by atoms with E-state index in [9.17, 15) is 8.42 Å². The minimum Gasteiger partial charge on any atom is -0.365 e. The number of fused-ring (bicyclic) bond motifs is 3. The lowest BCUT2D eigenvalue weighted by Crippen LogP contribution is -2.43. The van der Waals surface area contributed by atoms with Crippen LogP contribution in [0.25, 0.3) is 11.0 Å². The highest BCUT2D eigenvalue weighted by atomic mass is 32.2. The van der Waals surface area contributed by atoms with Gasteiger partial charge in [-0.2, -0.15) is 0 Å². The highest BCUT2D eigenvalue weighted by molar-refractivity contribution is 7.92. The average Bonchev–Trinajstić information content (AvgIpc) is 3.31. The van der Waals surface area contributed by atoms with E-state index in [2.05, 4.69) is 26.0 Å². The maximum Gasteiger partial charge on any atom is 0.229 e. The molecule has 3 heterocycles. The molecular weight excluding hydrogens is 404 g/mol. The largest absolute Gasteiger partial charge is 0.365 e. The number of piperidine rings is 1. The van der Waals surface area contributed by atoms with Crippen LogP contribution in [0.4, 0.5) is 5.69 Å². The van der Waals surface area contributed by atoms with Crippen molar-refractivity contribution in [3.8, 4) is 0 Å². The monoisotopic (exact) mass is 428 g/mol. The van der Waals surface area contributed by atoms with Gasteiger partial charge in [0.2, 0.25) is 10.0 Å². The fraction of sp³-hybridized carbons (Fsp3) is 0.429. The number of benzene rings is 2.